The summed E-state index contributed by atoms with van der Waals surface area (Å²) in [5.74, 6) is 0.390. The summed E-state index contributed by atoms with van der Waals surface area (Å²) < 4.78 is 1.70. The molecular weight excluding hydrogens is 274 g/mol. The first kappa shape index (κ1) is 14.8. The van der Waals surface area contributed by atoms with Gasteiger partial charge in [-0.2, -0.15) is 5.10 Å². The quantitative estimate of drug-likeness (QED) is 0.649. The Balaban J connectivity index is 1.97. The number of hydrogen-bond donors (Lipinski definition) is 1. The van der Waals surface area contributed by atoms with Gasteiger partial charge >= 0.3 is 0 Å². The Kier molecular flexibility index (Phi) is 4.94. The van der Waals surface area contributed by atoms with E-state index in [4.69, 9.17) is 0 Å². The summed E-state index contributed by atoms with van der Waals surface area (Å²) in [6.07, 6.45) is 5.30. The molecule has 1 amide bonds. The predicted molar refractivity (Wildman–Crippen MR) is 79.5 cm³/mol. The SMILES string of the molecule is CCCC(C)NC(=O)CSc1ncnc2c1cnn2C. The number of nitrogens with zero attached hydrogens (tertiary/aromatic N) is 4. The molecule has 0 spiro atoms. The minimum absolute atomic E-state index is 0.0339. The number of nitrogens with one attached hydrogen (secondary N) is 1. The molecule has 0 radical (unpaired) electrons. The van der Waals surface area contributed by atoms with E-state index in [2.05, 4.69) is 27.3 Å². The van der Waals surface area contributed by atoms with Crippen LogP contribution in [0.1, 0.15) is 26.7 Å². The Hall–Kier alpha value is -1.63. The zero-order chi connectivity index (χ0) is 14.5. The van der Waals surface area contributed by atoms with E-state index in [1.165, 1.54) is 18.1 Å². The van der Waals surface area contributed by atoms with Gasteiger partial charge in [0.1, 0.15) is 11.4 Å². The molecule has 0 aliphatic rings. The van der Waals surface area contributed by atoms with E-state index in [0.717, 1.165) is 28.9 Å². The Morgan fingerprint density at radius 2 is 2.30 bits per heavy atom. The van der Waals surface area contributed by atoms with Crippen molar-refractivity contribution in [2.75, 3.05) is 5.75 Å². The lowest BCUT2D eigenvalue weighted by Crippen LogP contribution is -2.33. The summed E-state index contributed by atoms with van der Waals surface area (Å²) in [6.45, 7) is 4.13. The van der Waals surface area contributed by atoms with Gasteiger partial charge in [-0.05, 0) is 13.3 Å². The van der Waals surface area contributed by atoms with Crippen molar-refractivity contribution in [2.24, 2.45) is 7.05 Å². The number of aromatic nitrogens is 4. The summed E-state index contributed by atoms with van der Waals surface area (Å²) in [5, 5.41) is 8.81. The maximum Gasteiger partial charge on any atom is 0.230 e. The second-order valence-corrected chi connectivity index (χ2v) is 5.69. The fraction of sp³-hybridized carbons (Fsp3) is 0.538. The molecule has 0 aromatic carbocycles. The molecule has 1 atom stereocenters. The number of thioether (sulfide) groups is 1. The number of carbonyl (C=O) groups excluding carboxylic acids is 1. The number of hydrogen-bond acceptors (Lipinski definition) is 5. The molecule has 1 N–H and O–H groups in total. The topological polar surface area (TPSA) is 72.7 Å². The van der Waals surface area contributed by atoms with Gasteiger partial charge in [0.05, 0.1) is 17.3 Å². The van der Waals surface area contributed by atoms with Gasteiger partial charge in [0, 0.05) is 13.1 Å². The molecule has 20 heavy (non-hydrogen) atoms. The third kappa shape index (κ3) is 3.47. The monoisotopic (exact) mass is 293 g/mol. The first-order valence-electron chi connectivity index (χ1n) is 6.66. The van der Waals surface area contributed by atoms with Crippen LogP contribution in [0.4, 0.5) is 0 Å². The highest BCUT2D eigenvalue weighted by Gasteiger charge is 2.11. The van der Waals surface area contributed by atoms with E-state index >= 15 is 0 Å². The Morgan fingerprint density at radius 3 is 3.05 bits per heavy atom. The minimum Gasteiger partial charge on any atom is -0.353 e. The third-order valence-electron chi connectivity index (χ3n) is 2.96. The van der Waals surface area contributed by atoms with Crippen molar-refractivity contribution in [3.05, 3.63) is 12.5 Å². The first-order valence-corrected chi connectivity index (χ1v) is 7.65. The molecular formula is C13H19N5OS. The highest BCUT2D eigenvalue weighted by atomic mass is 32.2. The highest BCUT2D eigenvalue weighted by molar-refractivity contribution is 8.00. The van der Waals surface area contributed by atoms with Crippen LogP contribution in [0.2, 0.25) is 0 Å². The largest absolute Gasteiger partial charge is 0.353 e. The molecule has 0 bridgehead atoms. The Bertz CT molecular complexity index is 597. The fourth-order valence-electron chi connectivity index (χ4n) is 2.01. The standard InChI is InChI=1S/C13H19N5OS/c1-4-5-9(2)17-11(19)7-20-13-10-6-16-18(3)12(10)14-8-15-13/h6,8-9H,4-5,7H2,1-3H3,(H,17,19). The molecule has 2 aromatic heterocycles. The summed E-state index contributed by atoms with van der Waals surface area (Å²) in [7, 11) is 1.84. The van der Waals surface area contributed by atoms with E-state index in [0.29, 0.717) is 5.75 Å². The van der Waals surface area contributed by atoms with Crippen molar-refractivity contribution in [1.82, 2.24) is 25.1 Å². The van der Waals surface area contributed by atoms with Crippen LogP contribution in [-0.4, -0.2) is 37.5 Å². The molecule has 0 saturated heterocycles. The summed E-state index contributed by atoms with van der Waals surface area (Å²) in [6, 6.07) is 0.219. The second kappa shape index (κ2) is 6.69. The smallest absolute Gasteiger partial charge is 0.230 e. The van der Waals surface area contributed by atoms with Gasteiger partial charge < -0.3 is 5.32 Å². The summed E-state index contributed by atoms with van der Waals surface area (Å²) >= 11 is 1.41. The maximum absolute atomic E-state index is 11.8. The molecule has 2 heterocycles. The third-order valence-corrected chi connectivity index (χ3v) is 3.97. The molecule has 0 fully saturated rings. The lowest BCUT2D eigenvalue weighted by molar-refractivity contribution is -0.119. The van der Waals surface area contributed by atoms with Crippen LogP contribution in [0.3, 0.4) is 0 Å². The maximum atomic E-state index is 11.8. The first-order chi connectivity index (χ1) is 9.61. The van der Waals surface area contributed by atoms with Crippen LogP contribution in [-0.2, 0) is 11.8 Å². The van der Waals surface area contributed by atoms with Crippen molar-refractivity contribution in [1.29, 1.82) is 0 Å². The molecule has 2 rings (SSSR count). The van der Waals surface area contributed by atoms with Gasteiger partial charge in [-0.3, -0.25) is 9.48 Å². The Labute approximate surface area is 122 Å². The van der Waals surface area contributed by atoms with Gasteiger partial charge in [-0.25, -0.2) is 9.97 Å². The highest BCUT2D eigenvalue weighted by Crippen LogP contribution is 2.23. The van der Waals surface area contributed by atoms with Crippen LogP contribution >= 0.6 is 11.8 Å². The van der Waals surface area contributed by atoms with Crippen LogP contribution in [0.5, 0.6) is 0 Å². The van der Waals surface area contributed by atoms with E-state index < -0.39 is 0 Å². The van der Waals surface area contributed by atoms with Crippen molar-refractivity contribution >= 4 is 28.7 Å². The second-order valence-electron chi connectivity index (χ2n) is 4.73. The van der Waals surface area contributed by atoms with Crippen molar-refractivity contribution in [3.63, 3.8) is 0 Å². The van der Waals surface area contributed by atoms with Gasteiger partial charge in [0.2, 0.25) is 5.91 Å². The van der Waals surface area contributed by atoms with Crippen molar-refractivity contribution in [2.45, 2.75) is 37.8 Å². The lowest BCUT2D eigenvalue weighted by Gasteiger charge is -2.12. The fourth-order valence-corrected chi connectivity index (χ4v) is 2.78. The molecule has 108 valence electrons. The van der Waals surface area contributed by atoms with Gasteiger partial charge in [-0.15, -0.1) is 0 Å². The van der Waals surface area contributed by atoms with Gasteiger partial charge in [0.25, 0.3) is 0 Å². The molecule has 0 aliphatic heterocycles. The number of rotatable bonds is 6. The van der Waals surface area contributed by atoms with Crippen LogP contribution < -0.4 is 5.32 Å². The average Bonchev–Trinajstić information content (AvgIpc) is 2.79. The molecule has 7 heteroatoms. The summed E-state index contributed by atoms with van der Waals surface area (Å²) in [5.41, 5.74) is 0.780. The molecule has 6 nitrogen and oxygen atoms in total. The van der Waals surface area contributed by atoms with E-state index in [1.807, 2.05) is 14.0 Å². The zero-order valence-electron chi connectivity index (χ0n) is 12.0. The van der Waals surface area contributed by atoms with E-state index in [1.54, 1.807) is 10.9 Å². The number of amides is 1. The summed E-state index contributed by atoms with van der Waals surface area (Å²) in [4.78, 5) is 20.2. The molecule has 1 unspecified atom stereocenters. The number of carbonyl (C=O) groups is 1. The molecule has 0 aliphatic carbocycles. The molecule has 0 saturated carbocycles. The zero-order valence-corrected chi connectivity index (χ0v) is 12.8. The lowest BCUT2D eigenvalue weighted by atomic mass is 10.2. The van der Waals surface area contributed by atoms with Crippen LogP contribution in [0.15, 0.2) is 17.6 Å². The normalized spacial score (nSPS) is 12.6. The predicted octanol–water partition coefficient (Wildman–Crippen LogP) is 1.76. The average molecular weight is 293 g/mol. The van der Waals surface area contributed by atoms with Crippen molar-refractivity contribution in [3.8, 4) is 0 Å². The van der Waals surface area contributed by atoms with Crippen molar-refractivity contribution < 1.29 is 4.79 Å². The molecule has 2 aromatic rings. The van der Waals surface area contributed by atoms with E-state index in [-0.39, 0.29) is 11.9 Å². The van der Waals surface area contributed by atoms with Gasteiger partial charge in [-0.1, -0.05) is 25.1 Å². The number of fused-ring (bicyclic) bond motifs is 1. The Morgan fingerprint density at radius 1 is 1.50 bits per heavy atom. The minimum atomic E-state index is 0.0339. The van der Waals surface area contributed by atoms with Crippen LogP contribution in [0, 0.1) is 0 Å². The van der Waals surface area contributed by atoms with Crippen LogP contribution in [0.25, 0.3) is 11.0 Å². The van der Waals surface area contributed by atoms with E-state index in [9.17, 15) is 4.79 Å². The van der Waals surface area contributed by atoms with Gasteiger partial charge in [0.15, 0.2) is 5.65 Å². The number of aryl methyl sites for hydroxylation is 1.